The Morgan fingerprint density at radius 1 is 1.03 bits per heavy atom. The first-order valence-electron chi connectivity index (χ1n) is 11.4. The fraction of sp³-hybridized carbons (Fsp3) is 0.346. The van der Waals surface area contributed by atoms with Crippen LogP contribution < -0.4 is 11.2 Å². The molecule has 0 saturated carbocycles. The zero-order valence-corrected chi connectivity index (χ0v) is 19.7. The molecule has 0 aliphatic carbocycles. The average Bonchev–Trinajstić information content (AvgIpc) is 3.16. The van der Waals surface area contributed by atoms with Gasteiger partial charge in [0.25, 0.3) is 5.56 Å². The maximum absolute atomic E-state index is 14.8. The van der Waals surface area contributed by atoms with Gasteiger partial charge in [-0.1, -0.05) is 60.7 Å². The molecule has 0 radical (unpaired) electrons. The van der Waals surface area contributed by atoms with Gasteiger partial charge in [0, 0.05) is 19.2 Å². The van der Waals surface area contributed by atoms with Crippen molar-refractivity contribution in [2.24, 2.45) is 0 Å². The summed E-state index contributed by atoms with van der Waals surface area (Å²) in [5.41, 5.74) is -1.44. The molecule has 1 aliphatic heterocycles. The Bertz CT molecular complexity index is 1260. The van der Waals surface area contributed by atoms with Gasteiger partial charge in [-0.15, -0.1) is 0 Å². The van der Waals surface area contributed by atoms with Crippen LogP contribution in [0.25, 0.3) is 0 Å². The summed E-state index contributed by atoms with van der Waals surface area (Å²) < 4.78 is 39.5. The predicted molar refractivity (Wildman–Crippen MR) is 127 cm³/mol. The lowest BCUT2D eigenvalue weighted by molar-refractivity contribution is -0.166. The summed E-state index contributed by atoms with van der Waals surface area (Å²) in [6.45, 7) is 0.152. The minimum Gasteiger partial charge on any atom is -0.455 e. The number of nitrogens with zero attached hydrogens (tertiary/aromatic N) is 1. The van der Waals surface area contributed by atoms with E-state index in [4.69, 9.17) is 18.9 Å². The molecule has 36 heavy (non-hydrogen) atoms. The van der Waals surface area contributed by atoms with E-state index < -0.39 is 47.9 Å². The number of nitrogens with one attached hydrogen (secondary N) is 1. The molecule has 2 aromatic carbocycles. The fourth-order valence-electron chi connectivity index (χ4n) is 4.16. The van der Waals surface area contributed by atoms with Crippen molar-refractivity contribution in [2.45, 2.75) is 44.2 Å². The van der Waals surface area contributed by atoms with Crippen molar-refractivity contribution in [1.29, 1.82) is 0 Å². The molecule has 2 heterocycles. The maximum atomic E-state index is 14.8. The van der Waals surface area contributed by atoms with Gasteiger partial charge in [0.1, 0.15) is 12.8 Å². The van der Waals surface area contributed by atoms with Gasteiger partial charge in [-0.05, 0) is 11.1 Å². The van der Waals surface area contributed by atoms with Crippen LogP contribution in [0.5, 0.6) is 0 Å². The number of carbonyl (C=O) groups is 1. The molecule has 0 spiro atoms. The molecule has 3 aromatic rings. The Hall–Kier alpha value is -3.60. The van der Waals surface area contributed by atoms with Crippen LogP contribution in [0.4, 0.5) is 4.39 Å². The summed E-state index contributed by atoms with van der Waals surface area (Å²) in [5, 5.41) is 0. The van der Waals surface area contributed by atoms with Gasteiger partial charge in [0.15, 0.2) is 17.9 Å². The molecule has 1 aliphatic rings. The molecule has 0 unspecified atom stereocenters. The van der Waals surface area contributed by atoms with Crippen LogP contribution in [0.3, 0.4) is 0 Å². The molecular weight excluding hydrogens is 471 g/mol. The SMILES string of the molecule is CC(=O)O[C@H]1[C@H](n2ccc(=O)[nH]c2=O)O[C@](CF)(COCc2ccccc2)[C@H]1OCc1ccccc1. The van der Waals surface area contributed by atoms with Crippen molar-refractivity contribution in [1.82, 2.24) is 9.55 Å². The number of alkyl halides is 1. The number of ether oxygens (including phenoxy) is 4. The highest BCUT2D eigenvalue weighted by atomic mass is 19.1. The summed E-state index contributed by atoms with van der Waals surface area (Å²) in [6.07, 6.45) is -2.40. The van der Waals surface area contributed by atoms with Gasteiger partial charge in [0.2, 0.25) is 0 Å². The van der Waals surface area contributed by atoms with E-state index in [2.05, 4.69) is 4.98 Å². The largest absolute Gasteiger partial charge is 0.455 e. The standard InChI is InChI=1S/C26H27FN2O7/c1-18(30)35-22-23(34-15-20-10-6-3-7-11-20)26(16-27,17-33-14-19-8-4-2-5-9-19)36-24(22)29-13-12-21(31)28-25(29)32/h2-13,22-24H,14-17H2,1H3,(H,28,31,32)/t22-,23+,24-,26-/m1/s1. The number of benzene rings is 2. The predicted octanol–water partition coefficient (Wildman–Crippen LogP) is 2.51. The lowest BCUT2D eigenvalue weighted by Gasteiger charge is -2.32. The Morgan fingerprint density at radius 3 is 2.25 bits per heavy atom. The molecule has 1 aromatic heterocycles. The van der Waals surface area contributed by atoms with Gasteiger partial charge in [-0.2, -0.15) is 0 Å². The van der Waals surface area contributed by atoms with Crippen LogP contribution >= 0.6 is 0 Å². The van der Waals surface area contributed by atoms with Crippen LogP contribution in [-0.4, -0.2) is 46.6 Å². The minimum atomic E-state index is -1.70. The third kappa shape index (κ3) is 5.78. The van der Waals surface area contributed by atoms with Gasteiger partial charge < -0.3 is 18.9 Å². The summed E-state index contributed by atoms with van der Waals surface area (Å²) in [5.74, 6) is -0.667. The summed E-state index contributed by atoms with van der Waals surface area (Å²) in [4.78, 5) is 38.3. The highest BCUT2D eigenvalue weighted by molar-refractivity contribution is 5.66. The number of aromatic amines is 1. The van der Waals surface area contributed by atoms with E-state index in [9.17, 15) is 18.8 Å². The Balaban J connectivity index is 1.68. The van der Waals surface area contributed by atoms with Gasteiger partial charge >= 0.3 is 11.7 Å². The number of hydrogen-bond acceptors (Lipinski definition) is 7. The summed E-state index contributed by atoms with van der Waals surface area (Å²) in [7, 11) is 0. The summed E-state index contributed by atoms with van der Waals surface area (Å²) >= 11 is 0. The van der Waals surface area contributed by atoms with Crippen LogP contribution in [0, 0.1) is 0 Å². The van der Waals surface area contributed by atoms with Crippen molar-refractivity contribution < 1.29 is 28.1 Å². The molecule has 4 atom stereocenters. The Kier molecular flexibility index (Phi) is 8.09. The number of hydrogen-bond donors (Lipinski definition) is 1. The molecule has 0 bridgehead atoms. The molecule has 10 heteroatoms. The molecule has 1 saturated heterocycles. The first-order valence-corrected chi connectivity index (χ1v) is 11.4. The zero-order valence-electron chi connectivity index (χ0n) is 19.7. The smallest absolute Gasteiger partial charge is 0.330 e. The Labute approximate surface area is 206 Å². The zero-order chi connectivity index (χ0) is 25.5. The number of rotatable bonds is 10. The van der Waals surface area contributed by atoms with Crippen LogP contribution in [0.1, 0.15) is 24.3 Å². The third-order valence-electron chi connectivity index (χ3n) is 5.84. The lowest BCUT2D eigenvalue weighted by atomic mass is 9.96. The second-order valence-corrected chi connectivity index (χ2v) is 8.49. The van der Waals surface area contributed by atoms with E-state index in [1.165, 1.54) is 13.1 Å². The number of halogens is 1. The first kappa shape index (κ1) is 25.5. The Morgan fingerprint density at radius 2 is 1.67 bits per heavy atom. The van der Waals surface area contributed by atoms with E-state index in [1.54, 1.807) is 0 Å². The number of carbonyl (C=O) groups excluding carboxylic acids is 1. The molecule has 4 rings (SSSR count). The number of H-pyrrole nitrogens is 1. The average molecular weight is 499 g/mol. The quantitative estimate of drug-likeness (QED) is 0.428. The van der Waals surface area contributed by atoms with Gasteiger partial charge in [-0.3, -0.25) is 19.1 Å². The highest BCUT2D eigenvalue weighted by Gasteiger charge is 2.59. The van der Waals surface area contributed by atoms with Crippen molar-refractivity contribution >= 4 is 5.97 Å². The second kappa shape index (κ2) is 11.4. The van der Waals surface area contributed by atoms with Gasteiger partial charge in [0.05, 0.1) is 19.8 Å². The van der Waals surface area contributed by atoms with Crippen LogP contribution in [-0.2, 0) is 37.0 Å². The first-order chi connectivity index (χ1) is 17.4. The van der Waals surface area contributed by atoms with E-state index >= 15 is 0 Å². The molecule has 9 nitrogen and oxygen atoms in total. The maximum Gasteiger partial charge on any atom is 0.330 e. The number of esters is 1. The molecular formula is C26H27FN2O7. The van der Waals surface area contributed by atoms with Crippen LogP contribution in [0.15, 0.2) is 82.5 Å². The molecule has 190 valence electrons. The van der Waals surface area contributed by atoms with E-state index in [1.807, 2.05) is 60.7 Å². The van der Waals surface area contributed by atoms with E-state index in [0.29, 0.717) is 0 Å². The molecule has 0 amide bonds. The van der Waals surface area contributed by atoms with E-state index in [-0.39, 0.29) is 19.8 Å². The topological polar surface area (TPSA) is 109 Å². The monoisotopic (exact) mass is 498 g/mol. The van der Waals surface area contributed by atoms with E-state index in [0.717, 1.165) is 21.8 Å². The summed E-state index contributed by atoms with van der Waals surface area (Å²) in [6, 6.07) is 19.6. The van der Waals surface area contributed by atoms with Gasteiger partial charge in [-0.25, -0.2) is 9.18 Å². The van der Waals surface area contributed by atoms with Crippen molar-refractivity contribution in [3.8, 4) is 0 Å². The molecule has 1 N–H and O–H groups in total. The third-order valence-corrected chi connectivity index (χ3v) is 5.84. The second-order valence-electron chi connectivity index (χ2n) is 8.49. The highest BCUT2D eigenvalue weighted by Crippen LogP contribution is 2.41. The van der Waals surface area contributed by atoms with Crippen molar-refractivity contribution in [3.05, 3.63) is 105 Å². The molecule has 1 fully saturated rings. The number of aromatic nitrogens is 2. The fourth-order valence-corrected chi connectivity index (χ4v) is 4.16. The van der Waals surface area contributed by atoms with Crippen LogP contribution in [0.2, 0.25) is 0 Å². The lowest BCUT2D eigenvalue weighted by Crippen LogP contribution is -2.51. The van der Waals surface area contributed by atoms with Crippen molar-refractivity contribution in [3.63, 3.8) is 0 Å². The minimum absolute atomic E-state index is 0.0698. The normalized spacial score (nSPS) is 23.4. The van der Waals surface area contributed by atoms with Crippen molar-refractivity contribution in [2.75, 3.05) is 13.3 Å².